The molecule has 0 atom stereocenters. The summed E-state index contributed by atoms with van der Waals surface area (Å²) in [5.74, 6) is -0.558. The van der Waals surface area contributed by atoms with Crippen molar-refractivity contribution < 1.29 is 14.0 Å². The second-order valence-corrected chi connectivity index (χ2v) is 10.6. The van der Waals surface area contributed by atoms with Crippen molar-refractivity contribution in [2.45, 2.75) is 39.4 Å². The molecule has 0 unspecified atom stereocenters. The molecule has 1 aromatic heterocycles. The van der Waals surface area contributed by atoms with E-state index in [-0.39, 0.29) is 24.2 Å². The smallest absolute Gasteiger partial charge is 0.258 e. The highest BCUT2D eigenvalue weighted by Gasteiger charge is 2.25. The summed E-state index contributed by atoms with van der Waals surface area (Å²) in [6.45, 7) is 6.10. The number of rotatable bonds is 5. The predicted molar refractivity (Wildman–Crippen MR) is 158 cm³/mol. The molecule has 7 nitrogen and oxygen atoms in total. The van der Waals surface area contributed by atoms with Crippen LogP contribution in [0, 0.1) is 12.7 Å². The van der Waals surface area contributed by atoms with E-state index >= 15 is 0 Å². The molecule has 0 radical (unpaired) electrons. The summed E-state index contributed by atoms with van der Waals surface area (Å²) >= 11 is 0. The van der Waals surface area contributed by atoms with Crippen molar-refractivity contribution in [2.75, 3.05) is 31.1 Å². The van der Waals surface area contributed by atoms with Gasteiger partial charge in [-0.15, -0.1) is 0 Å². The molecule has 0 saturated carbocycles. The number of para-hydroxylation sites is 1. The lowest BCUT2D eigenvalue weighted by Gasteiger charge is -2.32. The second kappa shape index (κ2) is 13.4. The Morgan fingerprint density at radius 2 is 1.63 bits per heavy atom. The highest BCUT2D eigenvalue weighted by molar-refractivity contribution is 6.07. The van der Waals surface area contributed by atoms with E-state index in [0.717, 1.165) is 49.3 Å². The number of hydrogen-bond acceptors (Lipinski definition) is 4. The third-order valence-electron chi connectivity index (χ3n) is 7.53. The zero-order valence-corrected chi connectivity index (χ0v) is 23.5. The van der Waals surface area contributed by atoms with Crippen LogP contribution in [0.4, 0.5) is 10.1 Å². The summed E-state index contributed by atoms with van der Waals surface area (Å²) in [7, 11) is 0. The number of hydrogen-bond donors (Lipinski definition) is 0. The second-order valence-electron chi connectivity index (χ2n) is 10.6. The number of imidazole rings is 1. The number of halogens is 1. The van der Waals surface area contributed by atoms with Gasteiger partial charge in [0.2, 0.25) is 5.91 Å². The normalized spacial score (nSPS) is 15.1. The zero-order chi connectivity index (χ0) is 28.6. The van der Waals surface area contributed by atoms with E-state index in [4.69, 9.17) is 0 Å². The highest BCUT2D eigenvalue weighted by atomic mass is 19.1. The number of carbonyl (C=O) groups is 2. The summed E-state index contributed by atoms with van der Waals surface area (Å²) in [6.07, 6.45) is 6.72. The summed E-state index contributed by atoms with van der Waals surface area (Å²) in [6, 6.07) is 22.0. The zero-order valence-electron chi connectivity index (χ0n) is 23.5. The number of amides is 2. The molecule has 212 valence electrons. The molecule has 1 aliphatic rings. The molecule has 0 bridgehead atoms. The first kappa shape index (κ1) is 28.2. The van der Waals surface area contributed by atoms with Crippen molar-refractivity contribution >= 4 is 17.5 Å². The van der Waals surface area contributed by atoms with Crippen molar-refractivity contribution in [3.05, 3.63) is 120 Å². The molecular weight excluding hydrogens is 517 g/mol. The van der Waals surface area contributed by atoms with Gasteiger partial charge in [-0.05, 0) is 60.7 Å². The maximum atomic E-state index is 13.9. The van der Waals surface area contributed by atoms with E-state index in [1.54, 1.807) is 23.3 Å². The van der Waals surface area contributed by atoms with Crippen LogP contribution in [0.1, 0.15) is 39.9 Å². The number of nitrogens with zero attached hydrogens (tertiary/aromatic N) is 5. The molecule has 0 N–H and O–H groups in total. The molecule has 41 heavy (non-hydrogen) atoms. The van der Waals surface area contributed by atoms with E-state index in [2.05, 4.69) is 22.0 Å². The standard InChI is InChI=1S/C33H36FN5O2/c1-26-8-5-11-29-23-38(31(40)24-37-21-16-35-25-37)19-6-17-36(22-27-9-3-2-4-10-27)18-7-20-39(32(26)29)33(41)28-12-14-30(34)15-13-28/h2-5,8-16,21,25H,6-7,17-20,22-24H2,1H3. The number of carbonyl (C=O) groups excluding carboxylic acids is 2. The number of aromatic nitrogens is 2. The van der Waals surface area contributed by atoms with Gasteiger partial charge in [-0.3, -0.25) is 14.5 Å². The van der Waals surface area contributed by atoms with E-state index in [1.165, 1.54) is 29.8 Å². The molecule has 1 aliphatic heterocycles. The Labute approximate surface area is 240 Å². The first-order valence-electron chi connectivity index (χ1n) is 14.1. The average molecular weight is 554 g/mol. The largest absolute Gasteiger partial charge is 0.337 e. The van der Waals surface area contributed by atoms with Crippen LogP contribution in [0.25, 0.3) is 0 Å². The van der Waals surface area contributed by atoms with Crippen LogP contribution in [0.2, 0.25) is 0 Å². The van der Waals surface area contributed by atoms with Gasteiger partial charge in [-0.1, -0.05) is 48.5 Å². The van der Waals surface area contributed by atoms with E-state index in [1.807, 2.05) is 53.1 Å². The van der Waals surface area contributed by atoms with Gasteiger partial charge in [-0.2, -0.15) is 0 Å². The van der Waals surface area contributed by atoms with Crippen molar-refractivity contribution in [3.8, 4) is 0 Å². The molecule has 0 saturated heterocycles. The average Bonchev–Trinajstić information content (AvgIpc) is 3.48. The van der Waals surface area contributed by atoms with Gasteiger partial charge in [0.25, 0.3) is 5.91 Å². The van der Waals surface area contributed by atoms with Crippen LogP contribution < -0.4 is 4.90 Å². The predicted octanol–water partition coefficient (Wildman–Crippen LogP) is 5.30. The van der Waals surface area contributed by atoms with E-state index in [9.17, 15) is 14.0 Å². The number of benzene rings is 3. The Kier molecular flexibility index (Phi) is 9.21. The van der Waals surface area contributed by atoms with Gasteiger partial charge in [-0.25, -0.2) is 9.37 Å². The molecular formula is C33H36FN5O2. The molecule has 0 spiro atoms. The number of aryl methyl sites for hydroxylation is 1. The van der Waals surface area contributed by atoms with Crippen molar-refractivity contribution in [2.24, 2.45) is 0 Å². The Morgan fingerprint density at radius 1 is 0.878 bits per heavy atom. The fraction of sp³-hybridized carbons (Fsp3) is 0.303. The minimum atomic E-state index is -0.379. The first-order valence-corrected chi connectivity index (χ1v) is 14.1. The Balaban J connectivity index is 1.49. The van der Waals surface area contributed by atoms with E-state index in [0.29, 0.717) is 25.2 Å². The summed E-state index contributed by atoms with van der Waals surface area (Å²) in [4.78, 5) is 37.7. The number of anilines is 1. The lowest BCUT2D eigenvalue weighted by atomic mass is 10.0. The summed E-state index contributed by atoms with van der Waals surface area (Å²) in [5, 5.41) is 0. The third kappa shape index (κ3) is 7.27. The van der Waals surface area contributed by atoms with Gasteiger partial charge in [0.1, 0.15) is 12.4 Å². The van der Waals surface area contributed by atoms with Gasteiger partial charge < -0.3 is 14.4 Å². The third-order valence-corrected chi connectivity index (χ3v) is 7.53. The first-order chi connectivity index (χ1) is 20.0. The van der Waals surface area contributed by atoms with Crippen molar-refractivity contribution in [1.29, 1.82) is 0 Å². The van der Waals surface area contributed by atoms with Crippen LogP contribution in [-0.4, -0.2) is 57.3 Å². The van der Waals surface area contributed by atoms with Gasteiger partial charge >= 0.3 is 0 Å². The van der Waals surface area contributed by atoms with Gasteiger partial charge in [0.05, 0.1) is 12.0 Å². The highest BCUT2D eigenvalue weighted by Crippen LogP contribution is 2.29. The Hall–Kier alpha value is -4.30. The topological polar surface area (TPSA) is 61.7 Å². The molecule has 3 aromatic carbocycles. The van der Waals surface area contributed by atoms with Crippen LogP contribution in [-0.2, 0) is 24.4 Å². The number of fused-ring (bicyclic) bond motifs is 1. The lowest BCUT2D eigenvalue weighted by Crippen LogP contribution is -2.40. The Morgan fingerprint density at radius 3 is 2.37 bits per heavy atom. The summed E-state index contributed by atoms with van der Waals surface area (Å²) in [5.41, 5.74) is 4.35. The van der Waals surface area contributed by atoms with Crippen LogP contribution >= 0.6 is 0 Å². The molecule has 0 aliphatic carbocycles. The van der Waals surface area contributed by atoms with Gasteiger partial charge in [0, 0.05) is 57.2 Å². The maximum absolute atomic E-state index is 13.9. The minimum Gasteiger partial charge on any atom is -0.337 e. The van der Waals surface area contributed by atoms with E-state index < -0.39 is 0 Å². The molecule has 4 aromatic rings. The Bertz CT molecular complexity index is 1440. The van der Waals surface area contributed by atoms with Crippen LogP contribution in [0.3, 0.4) is 0 Å². The SMILES string of the molecule is Cc1cccc2c1N(C(=O)c1ccc(F)cc1)CCCN(Cc1ccccc1)CCCN(C(=O)Cn1ccnc1)C2. The fourth-order valence-electron chi connectivity index (χ4n) is 5.48. The molecule has 2 amide bonds. The summed E-state index contributed by atoms with van der Waals surface area (Å²) < 4.78 is 15.5. The van der Waals surface area contributed by atoms with Crippen molar-refractivity contribution in [3.63, 3.8) is 0 Å². The molecule has 0 fully saturated rings. The van der Waals surface area contributed by atoms with Crippen LogP contribution in [0.15, 0.2) is 91.5 Å². The fourth-order valence-corrected chi connectivity index (χ4v) is 5.48. The lowest BCUT2D eigenvalue weighted by molar-refractivity contribution is -0.132. The quantitative estimate of drug-likeness (QED) is 0.337. The molecule has 8 heteroatoms. The maximum Gasteiger partial charge on any atom is 0.258 e. The monoisotopic (exact) mass is 553 g/mol. The minimum absolute atomic E-state index is 0.00136. The van der Waals surface area contributed by atoms with Crippen molar-refractivity contribution in [1.82, 2.24) is 19.4 Å². The van der Waals surface area contributed by atoms with Gasteiger partial charge in [0.15, 0.2) is 0 Å². The molecule has 5 rings (SSSR count). The molecule has 2 heterocycles. The van der Waals surface area contributed by atoms with Crippen LogP contribution in [0.5, 0.6) is 0 Å².